The van der Waals surface area contributed by atoms with E-state index in [4.69, 9.17) is 9.47 Å². The van der Waals surface area contributed by atoms with Gasteiger partial charge in [0.1, 0.15) is 11.5 Å². The van der Waals surface area contributed by atoms with Crippen LogP contribution in [0.1, 0.15) is 18.4 Å². The molecule has 100 valence electrons. The Kier molecular flexibility index (Phi) is 4.84. The molecular weight excluding hydrogens is 230 g/mol. The molecule has 0 aromatic heterocycles. The highest BCUT2D eigenvalue weighted by atomic mass is 16.5. The van der Waals surface area contributed by atoms with Crippen molar-refractivity contribution in [1.29, 1.82) is 0 Å². The number of hydrogen-bond donors (Lipinski definition) is 2. The molecule has 0 saturated carbocycles. The summed E-state index contributed by atoms with van der Waals surface area (Å²) in [6, 6.07) is 5.39. The lowest BCUT2D eigenvalue weighted by atomic mass is 10.1. The Morgan fingerprint density at radius 3 is 3.06 bits per heavy atom. The van der Waals surface area contributed by atoms with Crippen molar-refractivity contribution in [2.75, 3.05) is 26.9 Å². The van der Waals surface area contributed by atoms with Crippen molar-refractivity contribution in [1.82, 2.24) is 5.32 Å². The SMILES string of the molecule is COc1ccc(CNCCC2CCOC2)c(O)c1. The molecule has 0 radical (unpaired) electrons. The zero-order valence-electron chi connectivity index (χ0n) is 10.8. The third kappa shape index (κ3) is 3.62. The quantitative estimate of drug-likeness (QED) is 0.758. The average molecular weight is 251 g/mol. The predicted octanol–water partition coefficient (Wildman–Crippen LogP) is 1.92. The van der Waals surface area contributed by atoms with E-state index in [0.717, 1.165) is 31.7 Å². The van der Waals surface area contributed by atoms with Gasteiger partial charge in [-0.25, -0.2) is 0 Å². The van der Waals surface area contributed by atoms with E-state index < -0.39 is 0 Å². The van der Waals surface area contributed by atoms with Gasteiger partial charge in [0, 0.05) is 31.4 Å². The van der Waals surface area contributed by atoms with Crippen LogP contribution < -0.4 is 10.1 Å². The zero-order valence-corrected chi connectivity index (χ0v) is 10.8. The average Bonchev–Trinajstić information content (AvgIpc) is 2.89. The van der Waals surface area contributed by atoms with E-state index in [1.807, 2.05) is 12.1 Å². The molecule has 4 heteroatoms. The molecule has 1 aliphatic heterocycles. The summed E-state index contributed by atoms with van der Waals surface area (Å²) in [5.74, 6) is 1.66. The fourth-order valence-electron chi connectivity index (χ4n) is 2.16. The van der Waals surface area contributed by atoms with E-state index >= 15 is 0 Å². The lowest BCUT2D eigenvalue weighted by molar-refractivity contribution is 0.184. The summed E-state index contributed by atoms with van der Waals surface area (Å²) in [6.07, 6.45) is 2.31. The smallest absolute Gasteiger partial charge is 0.123 e. The fourth-order valence-corrected chi connectivity index (χ4v) is 2.16. The lowest BCUT2D eigenvalue weighted by Gasteiger charge is -2.10. The first-order chi connectivity index (χ1) is 8.79. The number of benzene rings is 1. The monoisotopic (exact) mass is 251 g/mol. The highest BCUT2D eigenvalue weighted by Crippen LogP contribution is 2.23. The van der Waals surface area contributed by atoms with Crippen molar-refractivity contribution in [3.05, 3.63) is 23.8 Å². The summed E-state index contributed by atoms with van der Waals surface area (Å²) in [7, 11) is 1.59. The van der Waals surface area contributed by atoms with E-state index in [9.17, 15) is 5.11 Å². The summed E-state index contributed by atoms with van der Waals surface area (Å²) in [4.78, 5) is 0. The Hall–Kier alpha value is -1.26. The van der Waals surface area contributed by atoms with Gasteiger partial charge >= 0.3 is 0 Å². The van der Waals surface area contributed by atoms with Crippen molar-refractivity contribution in [2.24, 2.45) is 5.92 Å². The Balaban J connectivity index is 1.72. The van der Waals surface area contributed by atoms with Gasteiger partial charge in [0.25, 0.3) is 0 Å². The van der Waals surface area contributed by atoms with Gasteiger partial charge in [0.2, 0.25) is 0 Å². The molecule has 0 spiro atoms. The van der Waals surface area contributed by atoms with Gasteiger partial charge in [-0.05, 0) is 31.4 Å². The minimum absolute atomic E-state index is 0.283. The number of aromatic hydroxyl groups is 1. The molecule has 0 bridgehead atoms. The molecule has 1 fully saturated rings. The van der Waals surface area contributed by atoms with Crippen LogP contribution in [0.3, 0.4) is 0 Å². The molecule has 2 N–H and O–H groups in total. The Morgan fingerprint density at radius 2 is 2.39 bits per heavy atom. The number of methoxy groups -OCH3 is 1. The topological polar surface area (TPSA) is 50.7 Å². The maximum Gasteiger partial charge on any atom is 0.123 e. The highest BCUT2D eigenvalue weighted by molar-refractivity contribution is 5.39. The van der Waals surface area contributed by atoms with Crippen LogP contribution in [0, 0.1) is 5.92 Å². The van der Waals surface area contributed by atoms with Gasteiger partial charge in [-0.15, -0.1) is 0 Å². The molecule has 0 amide bonds. The number of rotatable bonds is 6. The minimum atomic E-state index is 0.283. The second-order valence-corrected chi connectivity index (χ2v) is 4.69. The molecule has 1 aromatic rings. The molecule has 1 aromatic carbocycles. The molecular formula is C14H21NO3. The summed E-state index contributed by atoms with van der Waals surface area (Å²) >= 11 is 0. The number of phenolic OH excluding ortho intramolecular Hbond substituents is 1. The predicted molar refractivity (Wildman–Crippen MR) is 69.9 cm³/mol. The van der Waals surface area contributed by atoms with Crippen LogP contribution in [0.4, 0.5) is 0 Å². The van der Waals surface area contributed by atoms with Gasteiger partial charge in [-0.2, -0.15) is 0 Å². The van der Waals surface area contributed by atoms with Crippen molar-refractivity contribution >= 4 is 0 Å². The van der Waals surface area contributed by atoms with Gasteiger partial charge in [0.15, 0.2) is 0 Å². The highest BCUT2D eigenvalue weighted by Gasteiger charge is 2.14. The minimum Gasteiger partial charge on any atom is -0.507 e. The molecule has 1 atom stereocenters. The molecule has 1 heterocycles. The van der Waals surface area contributed by atoms with E-state index in [0.29, 0.717) is 18.2 Å². The van der Waals surface area contributed by atoms with Gasteiger partial charge in [-0.3, -0.25) is 0 Å². The van der Waals surface area contributed by atoms with Gasteiger partial charge < -0.3 is 19.9 Å². The van der Waals surface area contributed by atoms with Gasteiger partial charge in [-0.1, -0.05) is 6.07 Å². The maximum absolute atomic E-state index is 9.79. The largest absolute Gasteiger partial charge is 0.507 e. The van der Waals surface area contributed by atoms with Crippen molar-refractivity contribution in [2.45, 2.75) is 19.4 Å². The van der Waals surface area contributed by atoms with Crippen LogP contribution in [0.5, 0.6) is 11.5 Å². The van der Waals surface area contributed by atoms with Crippen LogP contribution in [0.25, 0.3) is 0 Å². The molecule has 1 aliphatic rings. The number of nitrogens with one attached hydrogen (secondary N) is 1. The van der Waals surface area contributed by atoms with Crippen molar-refractivity contribution < 1.29 is 14.6 Å². The molecule has 1 unspecified atom stereocenters. The van der Waals surface area contributed by atoms with Crippen LogP contribution >= 0.6 is 0 Å². The summed E-state index contributed by atoms with van der Waals surface area (Å²) < 4.78 is 10.4. The molecule has 1 saturated heterocycles. The fraction of sp³-hybridized carbons (Fsp3) is 0.571. The molecule has 18 heavy (non-hydrogen) atoms. The number of hydrogen-bond acceptors (Lipinski definition) is 4. The maximum atomic E-state index is 9.79. The Morgan fingerprint density at radius 1 is 1.50 bits per heavy atom. The second-order valence-electron chi connectivity index (χ2n) is 4.69. The number of phenols is 1. The van der Waals surface area contributed by atoms with Crippen LogP contribution in [0.15, 0.2) is 18.2 Å². The van der Waals surface area contributed by atoms with Gasteiger partial charge in [0.05, 0.1) is 7.11 Å². The van der Waals surface area contributed by atoms with E-state index in [1.54, 1.807) is 13.2 Å². The zero-order chi connectivity index (χ0) is 12.8. The first-order valence-corrected chi connectivity index (χ1v) is 6.44. The normalized spacial score (nSPS) is 19.1. The van der Waals surface area contributed by atoms with E-state index in [1.165, 1.54) is 6.42 Å². The number of ether oxygens (including phenoxy) is 2. The van der Waals surface area contributed by atoms with Crippen LogP contribution in [-0.4, -0.2) is 32.0 Å². The summed E-state index contributed by atoms with van der Waals surface area (Å²) in [6.45, 7) is 3.45. The molecule has 4 nitrogen and oxygen atoms in total. The Bertz CT molecular complexity index is 375. The summed E-state index contributed by atoms with van der Waals surface area (Å²) in [5.41, 5.74) is 0.901. The van der Waals surface area contributed by atoms with E-state index in [-0.39, 0.29) is 5.75 Å². The lowest BCUT2D eigenvalue weighted by Crippen LogP contribution is -2.18. The summed E-state index contributed by atoms with van der Waals surface area (Å²) in [5, 5.41) is 13.1. The first-order valence-electron chi connectivity index (χ1n) is 6.44. The van der Waals surface area contributed by atoms with Crippen LogP contribution in [-0.2, 0) is 11.3 Å². The second kappa shape index (κ2) is 6.61. The van der Waals surface area contributed by atoms with Crippen LogP contribution in [0.2, 0.25) is 0 Å². The van der Waals surface area contributed by atoms with Crippen molar-refractivity contribution in [3.63, 3.8) is 0 Å². The van der Waals surface area contributed by atoms with Crippen molar-refractivity contribution in [3.8, 4) is 11.5 Å². The third-order valence-electron chi connectivity index (χ3n) is 3.36. The van der Waals surface area contributed by atoms with E-state index in [2.05, 4.69) is 5.32 Å². The molecule has 2 rings (SSSR count). The Labute approximate surface area is 108 Å². The first kappa shape index (κ1) is 13.2. The third-order valence-corrected chi connectivity index (χ3v) is 3.36. The standard InChI is InChI=1S/C14H21NO3/c1-17-13-3-2-12(14(16)8-13)9-15-6-4-11-5-7-18-10-11/h2-3,8,11,15-16H,4-7,9-10H2,1H3. The molecule has 0 aliphatic carbocycles.